The number of halogens is 2. The normalized spacial score (nSPS) is 12.6. The molecule has 0 saturated carbocycles. The Kier molecular flexibility index (Phi) is 6.65. The number of rotatable bonds is 8. The summed E-state index contributed by atoms with van der Waals surface area (Å²) in [6.45, 7) is 4.11. The van der Waals surface area contributed by atoms with E-state index in [1.807, 2.05) is 0 Å². The maximum Gasteiger partial charge on any atom is 0.179 e. The van der Waals surface area contributed by atoms with Crippen LogP contribution in [0.25, 0.3) is 0 Å². The molecule has 1 aromatic carbocycles. The van der Waals surface area contributed by atoms with Crippen LogP contribution >= 0.6 is 15.9 Å². The minimum atomic E-state index is -3.47. The summed E-state index contributed by atoms with van der Waals surface area (Å²) in [5.74, 6) is -0.447. The van der Waals surface area contributed by atoms with Gasteiger partial charge in [-0.25, -0.2) is 12.8 Å². The monoisotopic (exact) mass is 364 g/mol. The average molecular weight is 365 g/mol. The van der Waals surface area contributed by atoms with Gasteiger partial charge in [-0.1, -0.05) is 48.7 Å². The molecule has 2 nitrogen and oxygen atoms in total. The summed E-state index contributed by atoms with van der Waals surface area (Å²) < 4.78 is 38.3. The molecule has 0 radical (unpaired) electrons. The molecule has 0 bridgehead atoms. The van der Waals surface area contributed by atoms with Crippen LogP contribution in [0, 0.1) is 11.2 Å². The summed E-state index contributed by atoms with van der Waals surface area (Å²) >= 11 is 3.48. The second-order valence-corrected chi connectivity index (χ2v) is 7.90. The van der Waals surface area contributed by atoms with Gasteiger partial charge in [0.05, 0.1) is 10.6 Å². The van der Waals surface area contributed by atoms with Gasteiger partial charge in [0, 0.05) is 5.33 Å². The largest absolute Gasteiger partial charge is 0.224 e. The van der Waals surface area contributed by atoms with E-state index in [0.717, 1.165) is 31.7 Å². The minimum Gasteiger partial charge on any atom is -0.224 e. The van der Waals surface area contributed by atoms with Crippen molar-refractivity contribution in [2.45, 2.75) is 44.4 Å². The zero-order valence-corrected chi connectivity index (χ0v) is 14.4. The van der Waals surface area contributed by atoms with E-state index in [0.29, 0.717) is 5.33 Å². The molecule has 0 aliphatic carbocycles. The number of benzene rings is 1. The first-order valence-corrected chi connectivity index (χ1v) is 9.71. The van der Waals surface area contributed by atoms with Crippen molar-refractivity contribution in [3.8, 4) is 0 Å². The lowest BCUT2D eigenvalue weighted by atomic mass is 9.83. The van der Waals surface area contributed by atoms with Gasteiger partial charge in [-0.3, -0.25) is 0 Å². The van der Waals surface area contributed by atoms with E-state index in [1.54, 1.807) is 0 Å². The Morgan fingerprint density at radius 1 is 1.20 bits per heavy atom. The Bertz CT molecular complexity index is 522. The lowest BCUT2D eigenvalue weighted by Gasteiger charge is -2.31. The van der Waals surface area contributed by atoms with E-state index in [1.165, 1.54) is 18.2 Å². The van der Waals surface area contributed by atoms with Gasteiger partial charge in [0.2, 0.25) is 0 Å². The van der Waals surface area contributed by atoms with Crippen molar-refractivity contribution in [3.63, 3.8) is 0 Å². The third-order valence-electron chi connectivity index (χ3n) is 3.50. The van der Waals surface area contributed by atoms with Crippen LogP contribution in [0.4, 0.5) is 4.39 Å². The van der Waals surface area contributed by atoms with Gasteiger partial charge in [0.1, 0.15) is 5.82 Å². The molecular weight excluding hydrogens is 343 g/mol. The topological polar surface area (TPSA) is 34.1 Å². The molecule has 0 heterocycles. The zero-order chi connectivity index (χ0) is 15.2. The van der Waals surface area contributed by atoms with Crippen LogP contribution in [0.15, 0.2) is 29.2 Å². The Balaban J connectivity index is 3.08. The van der Waals surface area contributed by atoms with Crippen molar-refractivity contribution in [1.82, 2.24) is 0 Å². The predicted molar refractivity (Wildman–Crippen MR) is 84.5 cm³/mol. The molecule has 0 spiro atoms. The van der Waals surface area contributed by atoms with E-state index < -0.39 is 15.7 Å². The SMILES string of the molecule is CCCC(CBr)(CCC)CS(=O)(=O)c1cccc(F)c1. The van der Waals surface area contributed by atoms with Gasteiger partial charge in [0.15, 0.2) is 9.84 Å². The highest BCUT2D eigenvalue weighted by Gasteiger charge is 2.33. The van der Waals surface area contributed by atoms with Crippen LogP contribution in [0.1, 0.15) is 39.5 Å². The van der Waals surface area contributed by atoms with Gasteiger partial charge in [-0.15, -0.1) is 0 Å². The van der Waals surface area contributed by atoms with Crippen molar-refractivity contribution >= 4 is 25.8 Å². The lowest BCUT2D eigenvalue weighted by molar-refractivity contribution is 0.314. The van der Waals surface area contributed by atoms with Crippen LogP contribution in [-0.2, 0) is 9.84 Å². The molecule has 5 heteroatoms. The molecule has 0 N–H and O–H groups in total. The second kappa shape index (κ2) is 7.55. The van der Waals surface area contributed by atoms with Crippen molar-refractivity contribution in [2.24, 2.45) is 5.41 Å². The molecule has 0 aliphatic heterocycles. The predicted octanol–water partition coefficient (Wildman–Crippen LogP) is 4.58. The number of alkyl halides is 1. The number of sulfone groups is 1. The van der Waals surface area contributed by atoms with Crippen molar-refractivity contribution in [2.75, 3.05) is 11.1 Å². The molecule has 0 unspecified atom stereocenters. The Hall–Kier alpha value is -0.420. The Morgan fingerprint density at radius 2 is 1.80 bits per heavy atom. The highest BCUT2D eigenvalue weighted by atomic mass is 79.9. The van der Waals surface area contributed by atoms with Crippen LogP contribution in [0.5, 0.6) is 0 Å². The molecule has 0 fully saturated rings. The molecule has 0 saturated heterocycles. The van der Waals surface area contributed by atoms with Crippen LogP contribution < -0.4 is 0 Å². The van der Waals surface area contributed by atoms with Crippen molar-refractivity contribution in [1.29, 1.82) is 0 Å². The first kappa shape index (κ1) is 17.6. The molecule has 1 aromatic rings. The summed E-state index contributed by atoms with van der Waals surface area (Å²) in [5, 5.41) is 0.649. The summed E-state index contributed by atoms with van der Waals surface area (Å²) in [4.78, 5) is 0.0787. The summed E-state index contributed by atoms with van der Waals surface area (Å²) in [6.07, 6.45) is 3.57. The van der Waals surface area contributed by atoms with Gasteiger partial charge in [-0.05, 0) is 36.5 Å². The maximum atomic E-state index is 13.2. The maximum absolute atomic E-state index is 13.2. The zero-order valence-electron chi connectivity index (χ0n) is 12.0. The van der Waals surface area contributed by atoms with E-state index in [2.05, 4.69) is 29.8 Å². The average Bonchev–Trinajstić information content (AvgIpc) is 2.39. The standard InChI is InChI=1S/C15H22BrFO2S/c1-3-8-15(11-16,9-4-2)12-20(18,19)14-7-5-6-13(17)10-14/h5-7,10H,3-4,8-9,11-12H2,1-2H3. The fraction of sp³-hybridized carbons (Fsp3) is 0.600. The van der Waals surface area contributed by atoms with Crippen LogP contribution in [-0.4, -0.2) is 19.5 Å². The van der Waals surface area contributed by atoms with Crippen LogP contribution in [0.3, 0.4) is 0 Å². The molecule has 114 valence electrons. The smallest absolute Gasteiger partial charge is 0.179 e. The van der Waals surface area contributed by atoms with Crippen molar-refractivity contribution < 1.29 is 12.8 Å². The van der Waals surface area contributed by atoms with Crippen LogP contribution in [0.2, 0.25) is 0 Å². The highest BCUT2D eigenvalue weighted by Crippen LogP contribution is 2.35. The molecule has 0 amide bonds. The highest BCUT2D eigenvalue weighted by molar-refractivity contribution is 9.09. The first-order chi connectivity index (χ1) is 9.39. The van der Waals surface area contributed by atoms with E-state index in [9.17, 15) is 12.8 Å². The fourth-order valence-corrected chi connectivity index (χ4v) is 5.61. The number of hydrogen-bond donors (Lipinski definition) is 0. The second-order valence-electron chi connectivity index (χ2n) is 5.35. The van der Waals surface area contributed by atoms with E-state index in [-0.39, 0.29) is 16.1 Å². The summed E-state index contributed by atoms with van der Waals surface area (Å²) in [6, 6.07) is 5.27. The molecule has 0 aromatic heterocycles. The van der Waals surface area contributed by atoms with Gasteiger partial charge < -0.3 is 0 Å². The number of hydrogen-bond acceptors (Lipinski definition) is 2. The summed E-state index contributed by atoms with van der Waals surface area (Å²) in [7, 11) is -3.47. The van der Waals surface area contributed by atoms with E-state index >= 15 is 0 Å². The minimum absolute atomic E-state index is 0.0659. The Labute approximate surface area is 129 Å². The van der Waals surface area contributed by atoms with Crippen molar-refractivity contribution in [3.05, 3.63) is 30.1 Å². The van der Waals surface area contributed by atoms with E-state index in [4.69, 9.17) is 0 Å². The molecule has 1 rings (SSSR count). The third-order valence-corrected chi connectivity index (χ3v) is 6.65. The molecular formula is C15H22BrFO2S. The fourth-order valence-electron chi connectivity index (χ4n) is 2.65. The molecule has 0 aliphatic rings. The molecule has 0 atom stereocenters. The quantitative estimate of drug-likeness (QED) is 0.632. The third kappa shape index (κ3) is 4.55. The lowest BCUT2D eigenvalue weighted by Crippen LogP contribution is -2.32. The van der Waals surface area contributed by atoms with Gasteiger partial charge >= 0.3 is 0 Å². The summed E-state index contributed by atoms with van der Waals surface area (Å²) in [5.41, 5.74) is -0.269. The molecule has 20 heavy (non-hydrogen) atoms. The van der Waals surface area contributed by atoms with Gasteiger partial charge in [0.25, 0.3) is 0 Å². The first-order valence-electron chi connectivity index (χ1n) is 6.93. The Morgan fingerprint density at radius 3 is 2.25 bits per heavy atom. The van der Waals surface area contributed by atoms with Gasteiger partial charge in [-0.2, -0.15) is 0 Å².